The Labute approximate surface area is 95.8 Å². The predicted molar refractivity (Wildman–Crippen MR) is 62.0 cm³/mol. The molecule has 2 N–H and O–H groups in total. The fourth-order valence-corrected chi connectivity index (χ4v) is 2.37. The normalized spacial score (nSPS) is 19.1. The summed E-state index contributed by atoms with van der Waals surface area (Å²) in [5, 5.41) is 4.45. The minimum Gasteiger partial charge on any atom is -0.330 e. The van der Waals surface area contributed by atoms with Gasteiger partial charge < -0.3 is 5.73 Å². The lowest BCUT2D eigenvalue weighted by molar-refractivity contribution is 0.312. The first-order chi connectivity index (χ1) is 7.79. The van der Waals surface area contributed by atoms with E-state index < -0.39 is 6.17 Å². The van der Waals surface area contributed by atoms with Crippen LogP contribution in [0.2, 0.25) is 0 Å². The molecule has 1 aliphatic carbocycles. The maximum atomic E-state index is 13.3. The van der Waals surface area contributed by atoms with E-state index in [1.54, 1.807) is 0 Å². The number of nitrogens with zero attached hydrogens (tertiary/aromatic N) is 2. The Balaban J connectivity index is 1.91. The molecule has 0 aromatic carbocycles. The van der Waals surface area contributed by atoms with E-state index in [0.29, 0.717) is 25.4 Å². The molecule has 1 aromatic heterocycles. The van der Waals surface area contributed by atoms with Crippen molar-refractivity contribution in [3.8, 4) is 0 Å². The fraction of sp³-hybridized carbons (Fsp3) is 0.750. The third-order valence-electron chi connectivity index (χ3n) is 3.27. The van der Waals surface area contributed by atoms with E-state index in [1.807, 2.05) is 16.9 Å². The van der Waals surface area contributed by atoms with E-state index in [1.165, 1.54) is 25.7 Å². The van der Waals surface area contributed by atoms with Crippen molar-refractivity contribution in [2.24, 2.45) is 5.73 Å². The van der Waals surface area contributed by atoms with Crippen molar-refractivity contribution in [2.75, 3.05) is 6.54 Å². The van der Waals surface area contributed by atoms with Gasteiger partial charge in [0.25, 0.3) is 0 Å². The lowest BCUT2D eigenvalue weighted by Crippen LogP contribution is -2.13. The van der Waals surface area contributed by atoms with Crippen molar-refractivity contribution >= 4 is 0 Å². The number of rotatable bonds is 5. The molecule has 1 atom stereocenters. The number of nitrogens with two attached hydrogens (primary N) is 1. The molecule has 0 saturated heterocycles. The molecule has 0 bridgehead atoms. The molecule has 3 nitrogen and oxygen atoms in total. The molecule has 1 heterocycles. The van der Waals surface area contributed by atoms with Gasteiger partial charge in [-0.05, 0) is 31.9 Å². The quantitative estimate of drug-likeness (QED) is 0.835. The number of alkyl halides is 1. The van der Waals surface area contributed by atoms with Gasteiger partial charge in [0.15, 0.2) is 0 Å². The Morgan fingerprint density at radius 2 is 2.25 bits per heavy atom. The second kappa shape index (κ2) is 5.43. The van der Waals surface area contributed by atoms with Crippen LogP contribution in [0.1, 0.15) is 43.8 Å². The largest absolute Gasteiger partial charge is 0.330 e. The van der Waals surface area contributed by atoms with Crippen LogP contribution >= 0.6 is 0 Å². The highest BCUT2D eigenvalue weighted by Crippen LogP contribution is 2.28. The zero-order chi connectivity index (χ0) is 11.4. The third kappa shape index (κ3) is 2.82. The average Bonchev–Trinajstić information content (AvgIpc) is 2.86. The Hall–Kier alpha value is -0.900. The van der Waals surface area contributed by atoms with E-state index in [0.717, 1.165) is 5.69 Å². The number of hydrogen-bond acceptors (Lipinski definition) is 2. The van der Waals surface area contributed by atoms with Crippen molar-refractivity contribution in [3.63, 3.8) is 0 Å². The second-order valence-corrected chi connectivity index (χ2v) is 4.60. The minimum atomic E-state index is -0.850. The van der Waals surface area contributed by atoms with E-state index >= 15 is 0 Å². The van der Waals surface area contributed by atoms with Gasteiger partial charge in [-0.25, -0.2) is 4.39 Å². The van der Waals surface area contributed by atoms with Gasteiger partial charge in [0.05, 0.1) is 11.7 Å². The molecular weight excluding hydrogens is 205 g/mol. The van der Waals surface area contributed by atoms with Crippen LogP contribution in [0.5, 0.6) is 0 Å². The maximum Gasteiger partial charge on any atom is 0.107 e. The third-order valence-corrected chi connectivity index (χ3v) is 3.27. The standard InChI is InChI=1S/C12H20FN3/c13-10(5-7-14)9-11-6-8-16(15-11)12-3-1-2-4-12/h6,8,10,12H,1-5,7,9,14H2. The van der Waals surface area contributed by atoms with Gasteiger partial charge in [-0.15, -0.1) is 0 Å². The molecule has 0 aliphatic heterocycles. The minimum absolute atomic E-state index is 0.400. The molecule has 90 valence electrons. The number of halogens is 1. The van der Waals surface area contributed by atoms with E-state index in [2.05, 4.69) is 5.10 Å². The Morgan fingerprint density at radius 1 is 1.50 bits per heavy atom. The topological polar surface area (TPSA) is 43.8 Å². The van der Waals surface area contributed by atoms with Crippen molar-refractivity contribution in [1.82, 2.24) is 9.78 Å². The molecule has 4 heteroatoms. The highest BCUT2D eigenvalue weighted by Gasteiger charge is 2.18. The number of hydrogen-bond donors (Lipinski definition) is 1. The molecule has 1 fully saturated rings. The smallest absolute Gasteiger partial charge is 0.107 e. The summed E-state index contributed by atoms with van der Waals surface area (Å²) >= 11 is 0. The maximum absolute atomic E-state index is 13.3. The van der Waals surface area contributed by atoms with Crippen LogP contribution in [0.15, 0.2) is 12.3 Å². The molecule has 1 aromatic rings. The van der Waals surface area contributed by atoms with Gasteiger partial charge in [0.2, 0.25) is 0 Å². The summed E-state index contributed by atoms with van der Waals surface area (Å²) in [6.07, 6.45) is 6.97. The first-order valence-electron chi connectivity index (χ1n) is 6.18. The summed E-state index contributed by atoms with van der Waals surface area (Å²) in [5.41, 5.74) is 6.18. The monoisotopic (exact) mass is 225 g/mol. The molecule has 1 aliphatic rings. The van der Waals surface area contributed by atoms with E-state index in [4.69, 9.17) is 5.73 Å². The zero-order valence-corrected chi connectivity index (χ0v) is 9.61. The van der Waals surface area contributed by atoms with Gasteiger partial charge in [0.1, 0.15) is 6.17 Å². The highest BCUT2D eigenvalue weighted by atomic mass is 19.1. The SMILES string of the molecule is NCCC(F)Cc1ccn(C2CCCC2)n1. The summed E-state index contributed by atoms with van der Waals surface area (Å²) in [7, 11) is 0. The van der Waals surface area contributed by atoms with Gasteiger partial charge in [-0.1, -0.05) is 12.8 Å². The van der Waals surface area contributed by atoms with Crippen molar-refractivity contribution in [2.45, 2.75) is 50.7 Å². The van der Waals surface area contributed by atoms with Crippen molar-refractivity contribution in [3.05, 3.63) is 18.0 Å². The zero-order valence-electron chi connectivity index (χ0n) is 9.61. The molecule has 0 radical (unpaired) electrons. The summed E-state index contributed by atoms with van der Waals surface area (Å²) in [5.74, 6) is 0. The Bertz CT molecular complexity index is 318. The first-order valence-corrected chi connectivity index (χ1v) is 6.18. The second-order valence-electron chi connectivity index (χ2n) is 4.60. The van der Waals surface area contributed by atoms with Crippen molar-refractivity contribution in [1.29, 1.82) is 0 Å². The molecule has 2 rings (SSSR count). The molecule has 0 amide bonds. The van der Waals surface area contributed by atoms with Gasteiger partial charge in [-0.2, -0.15) is 5.10 Å². The summed E-state index contributed by atoms with van der Waals surface area (Å²) in [6, 6.07) is 2.47. The average molecular weight is 225 g/mol. The predicted octanol–water partition coefficient (Wildman–Crippen LogP) is 2.23. The van der Waals surface area contributed by atoms with Crippen LogP contribution in [-0.2, 0) is 6.42 Å². The van der Waals surface area contributed by atoms with Crippen LogP contribution in [0.4, 0.5) is 4.39 Å². The lowest BCUT2D eigenvalue weighted by Gasteiger charge is -2.09. The van der Waals surface area contributed by atoms with Gasteiger partial charge >= 0.3 is 0 Å². The summed E-state index contributed by atoms with van der Waals surface area (Å²) in [4.78, 5) is 0. The Morgan fingerprint density at radius 3 is 2.94 bits per heavy atom. The fourth-order valence-electron chi connectivity index (χ4n) is 2.37. The first kappa shape index (κ1) is 11.6. The van der Waals surface area contributed by atoms with Crippen LogP contribution in [-0.4, -0.2) is 22.5 Å². The molecule has 0 spiro atoms. The summed E-state index contributed by atoms with van der Waals surface area (Å²) < 4.78 is 15.4. The van der Waals surface area contributed by atoms with Gasteiger partial charge in [0, 0.05) is 12.6 Å². The van der Waals surface area contributed by atoms with Gasteiger partial charge in [-0.3, -0.25) is 4.68 Å². The molecule has 1 unspecified atom stereocenters. The highest BCUT2D eigenvalue weighted by molar-refractivity contribution is 5.01. The van der Waals surface area contributed by atoms with Crippen molar-refractivity contribution < 1.29 is 4.39 Å². The molecular formula is C12H20FN3. The number of aromatic nitrogens is 2. The lowest BCUT2D eigenvalue weighted by atomic mass is 10.1. The van der Waals surface area contributed by atoms with E-state index in [-0.39, 0.29) is 0 Å². The van der Waals surface area contributed by atoms with Crippen LogP contribution < -0.4 is 5.73 Å². The molecule has 1 saturated carbocycles. The molecule has 16 heavy (non-hydrogen) atoms. The summed E-state index contributed by atoms with van der Waals surface area (Å²) in [6.45, 7) is 0.407. The Kier molecular flexibility index (Phi) is 3.93. The van der Waals surface area contributed by atoms with Crippen LogP contribution in [0.25, 0.3) is 0 Å². The van der Waals surface area contributed by atoms with E-state index in [9.17, 15) is 4.39 Å². The van der Waals surface area contributed by atoms with Crippen LogP contribution in [0.3, 0.4) is 0 Å². The van der Waals surface area contributed by atoms with Crippen LogP contribution in [0, 0.1) is 0 Å².